The Morgan fingerprint density at radius 1 is 1.26 bits per heavy atom. The Morgan fingerprint density at radius 3 is 2.67 bits per heavy atom. The van der Waals surface area contributed by atoms with E-state index in [1.165, 1.54) is 4.57 Å². The summed E-state index contributed by atoms with van der Waals surface area (Å²) in [6.45, 7) is 4.86. The number of H-pyrrole nitrogens is 1. The van der Waals surface area contributed by atoms with Crippen LogP contribution in [0.15, 0.2) is 39.0 Å². The molecule has 0 radical (unpaired) electrons. The number of aromatic amines is 1. The highest BCUT2D eigenvalue weighted by atomic mass is 16.5. The molecule has 0 aliphatic carbocycles. The van der Waals surface area contributed by atoms with E-state index >= 15 is 0 Å². The van der Waals surface area contributed by atoms with Crippen molar-refractivity contribution in [3.05, 3.63) is 56.2 Å². The maximum absolute atomic E-state index is 12.3. The molecule has 8 heteroatoms. The Hall–Kier alpha value is -3.03. The highest BCUT2D eigenvalue weighted by Crippen LogP contribution is 2.27. The second kappa shape index (κ2) is 8.11. The first-order valence-electron chi connectivity index (χ1n) is 9.16. The Labute approximate surface area is 156 Å². The second-order valence-corrected chi connectivity index (χ2v) is 6.41. The van der Waals surface area contributed by atoms with E-state index in [2.05, 4.69) is 15.5 Å². The van der Waals surface area contributed by atoms with E-state index in [1.54, 1.807) is 0 Å². The molecule has 0 unspecified atom stereocenters. The van der Waals surface area contributed by atoms with Gasteiger partial charge in [0.15, 0.2) is 0 Å². The Bertz CT molecular complexity index is 944. The van der Waals surface area contributed by atoms with Crippen molar-refractivity contribution in [3.8, 4) is 11.6 Å². The molecule has 0 fully saturated rings. The summed E-state index contributed by atoms with van der Waals surface area (Å²) in [6.07, 6.45) is 2.01. The second-order valence-electron chi connectivity index (χ2n) is 6.41. The lowest BCUT2D eigenvalue weighted by Gasteiger charge is -2.12. The fraction of sp³-hybridized carbons (Fsp3) is 0.421. The molecule has 0 bridgehead atoms. The molecule has 1 aliphatic heterocycles. The lowest BCUT2D eigenvalue weighted by atomic mass is 10.00. The molecule has 27 heavy (non-hydrogen) atoms. The van der Waals surface area contributed by atoms with Crippen LogP contribution in [0.1, 0.15) is 50.3 Å². The summed E-state index contributed by atoms with van der Waals surface area (Å²) in [7, 11) is 0. The highest BCUT2D eigenvalue weighted by Gasteiger charge is 2.27. The van der Waals surface area contributed by atoms with Gasteiger partial charge in [-0.15, -0.1) is 0 Å². The van der Waals surface area contributed by atoms with E-state index in [0.29, 0.717) is 25.3 Å². The van der Waals surface area contributed by atoms with Gasteiger partial charge in [0.2, 0.25) is 5.88 Å². The molecular weight excluding hydrogens is 348 g/mol. The first-order chi connectivity index (χ1) is 13.0. The summed E-state index contributed by atoms with van der Waals surface area (Å²) in [4.78, 5) is 26.5. The minimum atomic E-state index is -0.627. The number of unbranched alkanes of at least 4 members (excludes halogenated alkanes) is 1. The van der Waals surface area contributed by atoms with Gasteiger partial charge in [-0.3, -0.25) is 14.3 Å². The lowest BCUT2D eigenvalue weighted by Crippen LogP contribution is -2.33. The van der Waals surface area contributed by atoms with Crippen molar-refractivity contribution in [1.29, 1.82) is 0 Å². The zero-order valence-electron chi connectivity index (χ0n) is 15.5. The summed E-state index contributed by atoms with van der Waals surface area (Å²) in [6, 6.07) is 7.52. The minimum Gasteiger partial charge on any atom is -0.494 e. The molecule has 0 spiro atoms. The van der Waals surface area contributed by atoms with Crippen LogP contribution in [0.4, 0.5) is 0 Å². The number of hydrazone groups is 1. The quantitative estimate of drug-likeness (QED) is 0.688. The van der Waals surface area contributed by atoms with E-state index in [4.69, 9.17) is 4.74 Å². The first-order valence-corrected chi connectivity index (χ1v) is 9.16. The van der Waals surface area contributed by atoms with Crippen LogP contribution < -0.4 is 21.4 Å². The third kappa shape index (κ3) is 3.89. The van der Waals surface area contributed by atoms with Gasteiger partial charge in [0.05, 0.1) is 18.4 Å². The van der Waals surface area contributed by atoms with Gasteiger partial charge < -0.3 is 15.3 Å². The molecule has 0 saturated carbocycles. The number of rotatable bonds is 7. The molecule has 2 heterocycles. The van der Waals surface area contributed by atoms with Gasteiger partial charge in [0.1, 0.15) is 11.3 Å². The number of ether oxygens (including phenoxy) is 1. The molecule has 1 aliphatic rings. The molecule has 3 N–H and O–H groups in total. The van der Waals surface area contributed by atoms with Crippen LogP contribution >= 0.6 is 0 Å². The number of aromatic nitrogens is 2. The van der Waals surface area contributed by atoms with Crippen molar-refractivity contribution in [3.63, 3.8) is 0 Å². The molecule has 1 aromatic carbocycles. The van der Waals surface area contributed by atoms with Crippen LogP contribution in [-0.2, 0) is 6.54 Å². The molecular formula is C19H24N4O4. The molecule has 1 aromatic heterocycles. The van der Waals surface area contributed by atoms with Gasteiger partial charge in [-0.05, 0) is 31.0 Å². The molecule has 8 nitrogen and oxygen atoms in total. The largest absolute Gasteiger partial charge is 0.494 e. The van der Waals surface area contributed by atoms with Gasteiger partial charge in [-0.2, -0.15) is 5.10 Å². The van der Waals surface area contributed by atoms with Crippen molar-refractivity contribution in [1.82, 2.24) is 15.0 Å². The van der Waals surface area contributed by atoms with E-state index in [-0.39, 0.29) is 17.5 Å². The number of nitrogens with one attached hydrogen (secondary N) is 2. The summed E-state index contributed by atoms with van der Waals surface area (Å²) in [5, 5.41) is 14.7. The van der Waals surface area contributed by atoms with Gasteiger partial charge in [-0.1, -0.05) is 25.5 Å². The number of hydrogen-bond acceptors (Lipinski definition) is 6. The Kier molecular flexibility index (Phi) is 5.63. The lowest BCUT2D eigenvalue weighted by molar-refractivity contribution is 0.340. The topological polar surface area (TPSA) is 109 Å². The van der Waals surface area contributed by atoms with Gasteiger partial charge >= 0.3 is 5.69 Å². The molecule has 3 rings (SSSR count). The van der Waals surface area contributed by atoms with E-state index in [9.17, 15) is 14.7 Å². The maximum atomic E-state index is 12.3. The minimum absolute atomic E-state index is 0.0478. The Balaban J connectivity index is 1.84. The molecule has 0 amide bonds. The normalized spacial score (nSPS) is 16.1. The van der Waals surface area contributed by atoms with Crippen molar-refractivity contribution >= 4 is 5.71 Å². The van der Waals surface area contributed by atoms with Crippen LogP contribution in [0.3, 0.4) is 0 Å². The predicted octanol–water partition coefficient (Wildman–Crippen LogP) is 1.88. The van der Waals surface area contributed by atoms with E-state index in [0.717, 1.165) is 24.2 Å². The van der Waals surface area contributed by atoms with E-state index < -0.39 is 11.2 Å². The molecule has 2 aromatic rings. The molecule has 1 atom stereocenters. The summed E-state index contributed by atoms with van der Waals surface area (Å²) < 4.78 is 6.63. The monoisotopic (exact) mass is 372 g/mol. The fourth-order valence-corrected chi connectivity index (χ4v) is 3.10. The van der Waals surface area contributed by atoms with Gasteiger partial charge in [0, 0.05) is 13.0 Å². The summed E-state index contributed by atoms with van der Waals surface area (Å²) in [5.41, 5.74) is 3.24. The van der Waals surface area contributed by atoms with Gasteiger partial charge in [0.25, 0.3) is 5.56 Å². The van der Waals surface area contributed by atoms with Crippen LogP contribution in [0.25, 0.3) is 0 Å². The van der Waals surface area contributed by atoms with E-state index in [1.807, 2.05) is 38.1 Å². The zero-order valence-corrected chi connectivity index (χ0v) is 15.5. The number of aromatic hydroxyl groups is 1. The van der Waals surface area contributed by atoms with Crippen molar-refractivity contribution in [2.75, 3.05) is 6.61 Å². The average Bonchev–Trinajstić information content (AvgIpc) is 3.12. The third-order valence-corrected chi connectivity index (χ3v) is 4.54. The van der Waals surface area contributed by atoms with Crippen molar-refractivity contribution < 1.29 is 9.84 Å². The van der Waals surface area contributed by atoms with Crippen LogP contribution in [0.2, 0.25) is 0 Å². The van der Waals surface area contributed by atoms with Crippen LogP contribution in [-0.4, -0.2) is 27.0 Å². The third-order valence-electron chi connectivity index (χ3n) is 4.54. The SMILES string of the molecule is CCCCn1c(O)c(C2=NN[C@H](c3ccc(OCC)cc3)C2)c(=O)[nH]c1=O. The van der Waals surface area contributed by atoms with Crippen molar-refractivity contribution in [2.24, 2.45) is 5.10 Å². The molecule has 144 valence electrons. The first kappa shape index (κ1) is 18.8. The zero-order chi connectivity index (χ0) is 19.4. The Morgan fingerprint density at radius 2 is 2.00 bits per heavy atom. The number of benzene rings is 1. The molecule has 0 saturated heterocycles. The van der Waals surface area contributed by atoms with Gasteiger partial charge in [-0.25, -0.2) is 4.79 Å². The summed E-state index contributed by atoms with van der Waals surface area (Å²) >= 11 is 0. The number of nitrogens with zero attached hydrogens (tertiary/aromatic N) is 2. The average molecular weight is 372 g/mol. The maximum Gasteiger partial charge on any atom is 0.331 e. The highest BCUT2D eigenvalue weighted by molar-refractivity contribution is 6.03. The summed E-state index contributed by atoms with van der Waals surface area (Å²) in [5.74, 6) is 0.461. The predicted molar refractivity (Wildman–Crippen MR) is 103 cm³/mol. The van der Waals surface area contributed by atoms with Crippen LogP contribution in [0.5, 0.6) is 11.6 Å². The number of hydrogen-bond donors (Lipinski definition) is 3. The van der Waals surface area contributed by atoms with Crippen LogP contribution in [0, 0.1) is 0 Å². The smallest absolute Gasteiger partial charge is 0.331 e. The van der Waals surface area contributed by atoms with Crippen molar-refractivity contribution in [2.45, 2.75) is 45.7 Å². The fourth-order valence-electron chi connectivity index (χ4n) is 3.10. The standard InChI is InChI=1S/C19H24N4O4/c1-3-5-10-23-18(25)16(17(24)20-19(23)26)15-11-14(21-22-15)12-6-8-13(9-7-12)27-4-2/h6-9,14,21,25H,3-5,10-11H2,1-2H3,(H,20,24,26)/t14-/m0/s1.